The van der Waals surface area contributed by atoms with Gasteiger partial charge in [-0.25, -0.2) is 9.59 Å². The van der Waals surface area contributed by atoms with Gasteiger partial charge in [-0.2, -0.15) is 0 Å². The summed E-state index contributed by atoms with van der Waals surface area (Å²) in [5.74, 6) is -0.235. The summed E-state index contributed by atoms with van der Waals surface area (Å²) in [5.41, 5.74) is -0.133. The second-order valence-electron chi connectivity index (χ2n) is 9.27. The molecule has 3 rings (SSSR count). The van der Waals surface area contributed by atoms with E-state index in [2.05, 4.69) is 19.9 Å². The number of benzene rings is 2. The maximum Gasteiger partial charge on any atom is 0.383 e. The molecular weight excluding hydrogens is 480 g/mol. The molecule has 0 aliphatic carbocycles. The zero-order valence-electron chi connectivity index (χ0n) is 22.7. The van der Waals surface area contributed by atoms with E-state index in [0.717, 1.165) is 19.3 Å². The van der Waals surface area contributed by atoms with Crippen molar-refractivity contribution in [2.45, 2.75) is 78.1 Å². The molecule has 0 radical (unpaired) electrons. The van der Waals surface area contributed by atoms with E-state index in [0.29, 0.717) is 41.9 Å². The average Bonchev–Trinajstić information content (AvgIpc) is 2.93. The van der Waals surface area contributed by atoms with Crippen molar-refractivity contribution in [1.29, 1.82) is 0 Å². The number of unbranched alkanes of at least 4 members (excludes halogenated alkanes) is 7. The molecular formula is C32H40O6. The minimum atomic E-state index is -0.777. The van der Waals surface area contributed by atoms with Gasteiger partial charge in [-0.15, -0.1) is 0 Å². The van der Waals surface area contributed by atoms with E-state index >= 15 is 0 Å². The van der Waals surface area contributed by atoms with Crippen LogP contribution in [0, 0.1) is 0 Å². The van der Waals surface area contributed by atoms with Gasteiger partial charge in [-0.3, -0.25) is 0 Å². The number of hydrogen-bond acceptors (Lipinski definition) is 6. The van der Waals surface area contributed by atoms with Crippen molar-refractivity contribution < 1.29 is 23.4 Å². The number of carbonyl (C=O) groups excluding carboxylic acids is 1. The van der Waals surface area contributed by atoms with Gasteiger partial charge < -0.3 is 18.6 Å². The van der Waals surface area contributed by atoms with Crippen LogP contribution in [0.2, 0.25) is 0 Å². The Balaban J connectivity index is 1.81. The van der Waals surface area contributed by atoms with E-state index in [1.807, 2.05) is 12.1 Å². The number of hydrogen-bond donors (Lipinski definition) is 0. The summed E-state index contributed by atoms with van der Waals surface area (Å²) < 4.78 is 23.3. The van der Waals surface area contributed by atoms with Crippen LogP contribution in [0.1, 0.15) is 88.4 Å². The Morgan fingerprint density at radius 2 is 1.53 bits per heavy atom. The molecule has 0 fully saturated rings. The predicted molar refractivity (Wildman–Crippen MR) is 152 cm³/mol. The molecule has 0 aliphatic heterocycles. The molecule has 0 bridgehead atoms. The number of carbonyl (C=O) groups is 1. The van der Waals surface area contributed by atoms with E-state index < -0.39 is 11.6 Å². The maximum atomic E-state index is 12.9. The molecule has 6 heteroatoms. The summed E-state index contributed by atoms with van der Waals surface area (Å²) in [6, 6.07) is 13.8. The second-order valence-corrected chi connectivity index (χ2v) is 9.27. The standard InChI is InChI=1S/C32H40O6/c1-3-5-7-9-10-11-12-17-23-35-26-21-18-22-27-28(26)29(36-24-16-8-6-4-2)30(32(34)37-27)38-31(33)25-19-14-13-15-20-25/h6,8,13-15,18-22H,3-5,7,9-12,16-17,23-24H2,1-2H3. The number of allylic oxidation sites excluding steroid dienone is 1. The van der Waals surface area contributed by atoms with Gasteiger partial charge in [-0.1, -0.05) is 95.2 Å². The first-order valence-electron chi connectivity index (χ1n) is 13.9. The first-order valence-corrected chi connectivity index (χ1v) is 13.9. The lowest BCUT2D eigenvalue weighted by atomic mass is 10.1. The van der Waals surface area contributed by atoms with E-state index in [1.54, 1.807) is 42.5 Å². The van der Waals surface area contributed by atoms with Crippen molar-refractivity contribution in [2.75, 3.05) is 13.2 Å². The Morgan fingerprint density at radius 1 is 0.789 bits per heavy atom. The van der Waals surface area contributed by atoms with Crippen molar-refractivity contribution in [3.8, 4) is 17.2 Å². The molecule has 1 aromatic heterocycles. The summed E-state index contributed by atoms with van der Waals surface area (Å²) in [6.45, 7) is 5.12. The third-order valence-electron chi connectivity index (χ3n) is 6.20. The Bertz CT molecular complexity index is 1210. The van der Waals surface area contributed by atoms with Gasteiger partial charge in [-0.05, 0) is 43.5 Å². The lowest BCUT2D eigenvalue weighted by Gasteiger charge is -2.15. The summed E-state index contributed by atoms with van der Waals surface area (Å²) in [7, 11) is 0. The van der Waals surface area contributed by atoms with Crippen molar-refractivity contribution >= 4 is 16.9 Å². The molecule has 0 unspecified atom stereocenters. The molecule has 0 N–H and O–H groups in total. The fraction of sp³-hybridized carbons (Fsp3) is 0.438. The fourth-order valence-corrected chi connectivity index (χ4v) is 4.18. The first-order chi connectivity index (χ1) is 18.7. The van der Waals surface area contributed by atoms with Gasteiger partial charge in [0.1, 0.15) is 16.7 Å². The lowest BCUT2D eigenvalue weighted by molar-refractivity contribution is 0.0721. The molecule has 6 nitrogen and oxygen atoms in total. The monoisotopic (exact) mass is 520 g/mol. The minimum Gasteiger partial charge on any atom is -0.493 e. The van der Waals surface area contributed by atoms with Crippen molar-refractivity contribution in [2.24, 2.45) is 0 Å². The van der Waals surface area contributed by atoms with Crippen LogP contribution in [0.15, 0.2) is 69.9 Å². The van der Waals surface area contributed by atoms with Crippen LogP contribution in [0.5, 0.6) is 17.2 Å². The van der Waals surface area contributed by atoms with Crippen LogP contribution in [0.3, 0.4) is 0 Å². The summed E-state index contributed by atoms with van der Waals surface area (Å²) in [4.78, 5) is 25.7. The van der Waals surface area contributed by atoms with E-state index in [-0.39, 0.29) is 11.5 Å². The third kappa shape index (κ3) is 8.79. The molecule has 0 saturated heterocycles. The molecule has 0 spiro atoms. The molecule has 2 aromatic carbocycles. The normalized spacial score (nSPS) is 11.2. The van der Waals surface area contributed by atoms with Crippen LogP contribution in [-0.2, 0) is 0 Å². The SMILES string of the molecule is CCC=CCCOc1c(OC(=O)c2ccccc2)c(=O)oc2cccc(OCCCCCCCCCC)c12. The summed E-state index contributed by atoms with van der Waals surface area (Å²) in [5, 5.41) is 0.488. The molecule has 1 heterocycles. The van der Waals surface area contributed by atoms with Gasteiger partial charge in [0.05, 0.1) is 18.8 Å². The number of fused-ring (bicyclic) bond motifs is 1. The van der Waals surface area contributed by atoms with Crippen LogP contribution < -0.4 is 19.8 Å². The average molecular weight is 521 g/mol. The van der Waals surface area contributed by atoms with E-state index in [9.17, 15) is 9.59 Å². The van der Waals surface area contributed by atoms with Crippen molar-refractivity contribution in [3.63, 3.8) is 0 Å². The molecule has 0 amide bonds. The van der Waals surface area contributed by atoms with Gasteiger partial charge in [0, 0.05) is 0 Å². The zero-order chi connectivity index (χ0) is 27.0. The third-order valence-corrected chi connectivity index (χ3v) is 6.20. The highest BCUT2D eigenvalue weighted by atomic mass is 16.6. The largest absolute Gasteiger partial charge is 0.493 e. The Labute approximate surface area is 225 Å². The lowest BCUT2D eigenvalue weighted by Crippen LogP contribution is -2.16. The quantitative estimate of drug-likeness (QED) is 0.0772. The van der Waals surface area contributed by atoms with E-state index in [4.69, 9.17) is 18.6 Å². The number of rotatable bonds is 17. The molecule has 3 aromatic rings. The second kappa shape index (κ2) is 16.3. The maximum absolute atomic E-state index is 12.9. The van der Waals surface area contributed by atoms with Crippen LogP contribution in [0.4, 0.5) is 0 Å². The topological polar surface area (TPSA) is 75.0 Å². The number of ether oxygens (including phenoxy) is 3. The highest BCUT2D eigenvalue weighted by molar-refractivity contribution is 5.95. The Kier molecular flexibility index (Phi) is 12.5. The van der Waals surface area contributed by atoms with Gasteiger partial charge in [0.15, 0.2) is 5.75 Å². The van der Waals surface area contributed by atoms with Gasteiger partial charge in [0.2, 0.25) is 0 Å². The number of esters is 1. The highest BCUT2D eigenvalue weighted by Gasteiger charge is 2.24. The fourth-order valence-electron chi connectivity index (χ4n) is 4.18. The smallest absolute Gasteiger partial charge is 0.383 e. The Hall–Kier alpha value is -3.54. The van der Waals surface area contributed by atoms with Crippen molar-refractivity contribution in [1.82, 2.24) is 0 Å². The molecule has 204 valence electrons. The molecule has 0 atom stereocenters. The van der Waals surface area contributed by atoms with Gasteiger partial charge >= 0.3 is 11.6 Å². The predicted octanol–water partition coefficient (Wildman–Crippen LogP) is 8.27. The summed E-state index contributed by atoms with van der Waals surface area (Å²) in [6.07, 6.45) is 15.3. The van der Waals surface area contributed by atoms with Crippen LogP contribution >= 0.6 is 0 Å². The minimum absolute atomic E-state index is 0.164. The van der Waals surface area contributed by atoms with E-state index in [1.165, 1.54) is 38.5 Å². The van der Waals surface area contributed by atoms with Crippen LogP contribution in [0.25, 0.3) is 11.0 Å². The first kappa shape index (κ1) is 29.0. The molecule has 0 aliphatic rings. The summed E-state index contributed by atoms with van der Waals surface area (Å²) >= 11 is 0. The van der Waals surface area contributed by atoms with Gasteiger partial charge in [0.25, 0.3) is 5.75 Å². The van der Waals surface area contributed by atoms with Crippen LogP contribution in [-0.4, -0.2) is 19.2 Å². The van der Waals surface area contributed by atoms with Crippen molar-refractivity contribution in [3.05, 3.63) is 76.7 Å². The molecule has 38 heavy (non-hydrogen) atoms. The highest BCUT2D eigenvalue weighted by Crippen LogP contribution is 2.39. The Morgan fingerprint density at radius 3 is 2.26 bits per heavy atom. The zero-order valence-corrected chi connectivity index (χ0v) is 22.7. The molecule has 0 saturated carbocycles.